The maximum atomic E-state index is 12.3. The quantitative estimate of drug-likeness (QED) is 0.589. The van der Waals surface area contributed by atoms with Gasteiger partial charge in [0.2, 0.25) is 5.75 Å². The van der Waals surface area contributed by atoms with Gasteiger partial charge in [0.1, 0.15) is 0 Å². The predicted octanol–water partition coefficient (Wildman–Crippen LogP) is 1.74. The Labute approximate surface area is 123 Å². The number of aliphatic hydroxyl groups excluding tert-OH is 1. The summed E-state index contributed by atoms with van der Waals surface area (Å²) in [6.07, 6.45) is 0. The number of para-hydroxylation sites is 1. The molecule has 0 saturated heterocycles. The number of hydrogen-bond acceptors (Lipinski definition) is 5. The Hall–Kier alpha value is -2.15. The summed E-state index contributed by atoms with van der Waals surface area (Å²) in [6, 6.07) is 3.94. The van der Waals surface area contributed by atoms with Gasteiger partial charge in [-0.2, -0.15) is 0 Å². The van der Waals surface area contributed by atoms with Gasteiger partial charge in [0.25, 0.3) is 5.91 Å². The average molecular weight is 296 g/mol. The zero-order valence-corrected chi connectivity index (χ0v) is 12.3. The van der Waals surface area contributed by atoms with Gasteiger partial charge >= 0.3 is 5.69 Å². The van der Waals surface area contributed by atoms with E-state index in [1.54, 1.807) is 20.8 Å². The van der Waals surface area contributed by atoms with Gasteiger partial charge in [0.05, 0.1) is 17.1 Å². The topological polar surface area (TPSA) is 102 Å². The van der Waals surface area contributed by atoms with Gasteiger partial charge in [-0.3, -0.25) is 14.9 Å². The maximum absolute atomic E-state index is 12.3. The van der Waals surface area contributed by atoms with E-state index in [1.807, 2.05) is 0 Å². The summed E-state index contributed by atoms with van der Waals surface area (Å²) in [7, 11) is 0. The second kappa shape index (κ2) is 7.58. The Morgan fingerprint density at radius 2 is 2.14 bits per heavy atom. The van der Waals surface area contributed by atoms with E-state index in [0.29, 0.717) is 0 Å². The first-order chi connectivity index (χ1) is 9.92. The summed E-state index contributed by atoms with van der Waals surface area (Å²) in [5.74, 6) is -0.621. The third kappa shape index (κ3) is 4.16. The number of nitrogens with one attached hydrogen (secondary N) is 1. The summed E-state index contributed by atoms with van der Waals surface area (Å²) in [6.45, 7) is 5.40. The molecule has 21 heavy (non-hydrogen) atoms. The number of nitro groups is 1. The van der Waals surface area contributed by atoms with Crippen molar-refractivity contribution in [1.82, 2.24) is 5.32 Å². The lowest BCUT2D eigenvalue weighted by atomic mass is 10.0. The summed E-state index contributed by atoms with van der Waals surface area (Å²) in [4.78, 5) is 22.7. The molecular formula is C14H20N2O5. The minimum Gasteiger partial charge on any atom is -0.487 e. The number of carbonyl (C=O) groups is 1. The lowest BCUT2D eigenvalue weighted by Gasteiger charge is -2.20. The predicted molar refractivity (Wildman–Crippen MR) is 77.4 cm³/mol. The molecule has 116 valence electrons. The molecule has 1 aromatic carbocycles. The number of nitrogens with zero attached hydrogens (tertiary/aromatic N) is 1. The molecule has 0 heterocycles. The van der Waals surface area contributed by atoms with Crippen LogP contribution in [0.4, 0.5) is 5.69 Å². The van der Waals surface area contributed by atoms with E-state index in [0.717, 1.165) is 0 Å². The Morgan fingerprint density at radius 1 is 1.48 bits per heavy atom. The van der Waals surface area contributed by atoms with Gasteiger partial charge in [0, 0.05) is 18.7 Å². The Kier molecular flexibility index (Phi) is 6.10. The highest BCUT2D eigenvalue weighted by Gasteiger charge is 2.24. The smallest absolute Gasteiger partial charge is 0.311 e. The maximum Gasteiger partial charge on any atom is 0.311 e. The molecule has 7 nitrogen and oxygen atoms in total. The second-order valence-corrected chi connectivity index (χ2v) is 4.77. The second-order valence-electron chi connectivity index (χ2n) is 4.77. The van der Waals surface area contributed by atoms with E-state index in [2.05, 4.69) is 5.32 Å². The highest BCUT2D eigenvalue weighted by atomic mass is 16.6. The van der Waals surface area contributed by atoms with Crippen molar-refractivity contribution in [3.05, 3.63) is 33.9 Å². The van der Waals surface area contributed by atoms with E-state index in [4.69, 9.17) is 9.84 Å². The zero-order valence-electron chi connectivity index (χ0n) is 12.3. The van der Waals surface area contributed by atoms with Crippen LogP contribution in [-0.4, -0.2) is 35.2 Å². The Bertz CT molecular complexity index is 518. The van der Waals surface area contributed by atoms with Crippen LogP contribution in [0, 0.1) is 16.0 Å². The fraction of sp³-hybridized carbons (Fsp3) is 0.500. The Morgan fingerprint density at radius 3 is 2.67 bits per heavy atom. The molecule has 7 heteroatoms. The van der Waals surface area contributed by atoms with E-state index in [-0.39, 0.29) is 42.2 Å². The number of hydrogen-bond donors (Lipinski definition) is 2. The van der Waals surface area contributed by atoms with E-state index < -0.39 is 10.8 Å². The number of benzene rings is 1. The molecule has 0 radical (unpaired) electrons. The van der Waals surface area contributed by atoms with Crippen LogP contribution in [0.15, 0.2) is 18.2 Å². The highest BCUT2D eigenvalue weighted by Crippen LogP contribution is 2.31. The van der Waals surface area contributed by atoms with Gasteiger partial charge in [-0.1, -0.05) is 13.0 Å². The van der Waals surface area contributed by atoms with Crippen molar-refractivity contribution in [1.29, 1.82) is 0 Å². The van der Waals surface area contributed by atoms with Crippen LogP contribution < -0.4 is 10.1 Å². The summed E-state index contributed by atoms with van der Waals surface area (Å²) in [5.41, 5.74) is -0.129. The van der Waals surface area contributed by atoms with Crippen molar-refractivity contribution < 1.29 is 19.6 Å². The van der Waals surface area contributed by atoms with Crippen LogP contribution in [0.2, 0.25) is 0 Å². The van der Waals surface area contributed by atoms with Gasteiger partial charge in [-0.25, -0.2) is 0 Å². The number of rotatable bonds is 7. The molecule has 0 aliphatic heterocycles. The van der Waals surface area contributed by atoms with Gasteiger partial charge in [-0.15, -0.1) is 0 Å². The molecule has 2 N–H and O–H groups in total. The van der Waals surface area contributed by atoms with Crippen LogP contribution in [0.1, 0.15) is 31.1 Å². The number of ether oxygens (including phenoxy) is 1. The SMILES string of the molecule is CCOc1c(C(=O)NC(C)C(C)CO)cccc1[N+](=O)[O-]. The molecule has 1 rings (SSSR count). The van der Waals surface area contributed by atoms with Crippen LogP contribution in [0.3, 0.4) is 0 Å². The van der Waals surface area contributed by atoms with Crippen molar-refractivity contribution >= 4 is 11.6 Å². The number of amides is 1. The average Bonchev–Trinajstić information content (AvgIpc) is 2.46. The number of nitro benzene ring substituents is 1. The fourth-order valence-electron chi connectivity index (χ4n) is 1.73. The van der Waals surface area contributed by atoms with E-state index >= 15 is 0 Å². The summed E-state index contributed by atoms with van der Waals surface area (Å²) in [5, 5.41) is 22.8. The van der Waals surface area contributed by atoms with Crippen molar-refractivity contribution in [3.8, 4) is 5.75 Å². The first-order valence-corrected chi connectivity index (χ1v) is 6.74. The molecule has 0 aliphatic carbocycles. The molecule has 1 amide bonds. The monoisotopic (exact) mass is 296 g/mol. The fourth-order valence-corrected chi connectivity index (χ4v) is 1.73. The lowest BCUT2D eigenvalue weighted by molar-refractivity contribution is -0.385. The van der Waals surface area contributed by atoms with Gasteiger partial charge < -0.3 is 15.2 Å². The molecule has 2 atom stereocenters. The largest absolute Gasteiger partial charge is 0.487 e. The molecule has 0 bridgehead atoms. The third-order valence-corrected chi connectivity index (χ3v) is 3.22. The number of carbonyl (C=O) groups excluding carboxylic acids is 1. The van der Waals surface area contributed by atoms with Crippen LogP contribution >= 0.6 is 0 Å². The molecule has 0 aliphatic rings. The van der Waals surface area contributed by atoms with Crippen molar-refractivity contribution in [3.63, 3.8) is 0 Å². The van der Waals surface area contributed by atoms with Gasteiger partial charge in [-0.05, 0) is 25.8 Å². The van der Waals surface area contributed by atoms with Crippen LogP contribution in [-0.2, 0) is 0 Å². The molecule has 1 aromatic rings. The van der Waals surface area contributed by atoms with Crippen LogP contribution in [0.25, 0.3) is 0 Å². The van der Waals surface area contributed by atoms with Crippen molar-refractivity contribution in [2.24, 2.45) is 5.92 Å². The third-order valence-electron chi connectivity index (χ3n) is 3.22. The van der Waals surface area contributed by atoms with Gasteiger partial charge in [0.15, 0.2) is 0 Å². The minimum atomic E-state index is -0.582. The molecule has 0 aromatic heterocycles. The molecular weight excluding hydrogens is 276 g/mol. The summed E-state index contributed by atoms with van der Waals surface area (Å²) < 4.78 is 5.27. The first kappa shape index (κ1) is 16.9. The molecule has 0 saturated carbocycles. The van der Waals surface area contributed by atoms with Crippen molar-refractivity contribution in [2.75, 3.05) is 13.2 Å². The normalized spacial score (nSPS) is 13.3. The minimum absolute atomic E-state index is 0.0358. The number of aliphatic hydroxyl groups is 1. The molecule has 0 fully saturated rings. The van der Waals surface area contributed by atoms with Crippen molar-refractivity contribution in [2.45, 2.75) is 26.8 Å². The lowest BCUT2D eigenvalue weighted by Crippen LogP contribution is -2.38. The van der Waals surface area contributed by atoms with E-state index in [9.17, 15) is 14.9 Å². The standard InChI is InChI=1S/C14H20N2O5/c1-4-21-13-11(6-5-7-12(13)16(19)20)14(18)15-10(3)9(2)8-17/h5-7,9-10,17H,4,8H2,1-3H3,(H,15,18). The van der Waals surface area contributed by atoms with Crippen LogP contribution in [0.5, 0.6) is 5.75 Å². The van der Waals surface area contributed by atoms with E-state index in [1.165, 1.54) is 18.2 Å². The molecule has 2 unspecified atom stereocenters. The zero-order chi connectivity index (χ0) is 16.0. The first-order valence-electron chi connectivity index (χ1n) is 6.74. The molecule has 0 spiro atoms. The highest BCUT2D eigenvalue weighted by molar-refractivity contribution is 5.98. The Balaban J connectivity index is 3.08. The summed E-state index contributed by atoms with van der Waals surface area (Å²) >= 11 is 0.